The second-order valence-electron chi connectivity index (χ2n) is 27.8. The van der Waals surface area contributed by atoms with Gasteiger partial charge < -0.3 is 33.8 Å². The Labute approximate surface area is 575 Å². The van der Waals surface area contributed by atoms with E-state index in [2.05, 4.69) is 41.5 Å². The van der Waals surface area contributed by atoms with E-state index in [-0.39, 0.29) is 25.7 Å². The summed E-state index contributed by atoms with van der Waals surface area (Å²) in [4.78, 5) is 72.8. The lowest BCUT2D eigenvalue weighted by molar-refractivity contribution is -0.161. The Morgan fingerprint density at radius 1 is 0.309 bits per heavy atom. The monoisotopic (exact) mass is 1380 g/mol. The van der Waals surface area contributed by atoms with Crippen LogP contribution in [0, 0.1) is 11.8 Å². The number of carbonyl (C=O) groups excluding carboxylic acids is 4. The summed E-state index contributed by atoms with van der Waals surface area (Å²) in [6.07, 6.45) is 54.0. The molecule has 0 aromatic heterocycles. The van der Waals surface area contributed by atoms with Crippen molar-refractivity contribution in [1.29, 1.82) is 0 Å². The molecule has 0 aliphatic rings. The first-order valence-electron chi connectivity index (χ1n) is 39.0. The highest BCUT2D eigenvalue weighted by Gasteiger charge is 2.30. The number of unbranched alkanes of at least 4 members (excludes halogenated alkanes) is 43. The predicted molar refractivity (Wildman–Crippen MR) is 381 cm³/mol. The topological polar surface area (TPSA) is 237 Å². The molecule has 0 fully saturated rings. The van der Waals surface area contributed by atoms with E-state index in [0.29, 0.717) is 31.6 Å². The van der Waals surface area contributed by atoms with Crippen molar-refractivity contribution in [1.82, 2.24) is 0 Å². The Morgan fingerprint density at radius 3 is 0.809 bits per heavy atom. The normalized spacial score (nSPS) is 14.3. The molecule has 0 saturated carbocycles. The van der Waals surface area contributed by atoms with Crippen LogP contribution in [-0.4, -0.2) is 96.7 Å². The Hall–Kier alpha value is -1.94. The van der Waals surface area contributed by atoms with Gasteiger partial charge in [0, 0.05) is 25.7 Å². The van der Waals surface area contributed by atoms with Crippen molar-refractivity contribution in [3.05, 3.63) is 0 Å². The molecule has 0 aromatic rings. The highest BCUT2D eigenvalue weighted by atomic mass is 31.2. The van der Waals surface area contributed by atoms with Crippen LogP contribution in [0.5, 0.6) is 0 Å². The van der Waals surface area contributed by atoms with Gasteiger partial charge in [-0.2, -0.15) is 0 Å². The summed E-state index contributed by atoms with van der Waals surface area (Å²) in [7, 11) is -9.91. The first-order chi connectivity index (χ1) is 45.4. The number of phosphoric acid groups is 2. The summed E-state index contributed by atoms with van der Waals surface area (Å²) in [5.74, 6) is -0.564. The third-order valence-electron chi connectivity index (χ3n) is 17.8. The van der Waals surface area contributed by atoms with Gasteiger partial charge >= 0.3 is 39.5 Å². The van der Waals surface area contributed by atoms with Crippen molar-refractivity contribution in [3.63, 3.8) is 0 Å². The van der Waals surface area contributed by atoms with Crippen molar-refractivity contribution >= 4 is 39.5 Å². The van der Waals surface area contributed by atoms with Crippen molar-refractivity contribution in [2.24, 2.45) is 11.8 Å². The maximum atomic E-state index is 13.1. The van der Waals surface area contributed by atoms with E-state index >= 15 is 0 Å². The summed E-state index contributed by atoms with van der Waals surface area (Å²) in [6, 6.07) is 0. The minimum absolute atomic E-state index is 0.107. The number of aliphatic hydroxyl groups excluding tert-OH is 1. The average molecular weight is 1380 g/mol. The second-order valence-corrected chi connectivity index (χ2v) is 30.7. The lowest BCUT2D eigenvalue weighted by atomic mass is 9.99. The van der Waals surface area contributed by atoms with Gasteiger partial charge in [0.15, 0.2) is 12.2 Å². The molecule has 3 N–H and O–H groups in total. The Balaban J connectivity index is 5.24. The smallest absolute Gasteiger partial charge is 0.462 e. The van der Waals surface area contributed by atoms with Gasteiger partial charge in [0.05, 0.1) is 26.4 Å². The van der Waals surface area contributed by atoms with E-state index in [4.69, 9.17) is 37.0 Å². The maximum absolute atomic E-state index is 13.1. The van der Waals surface area contributed by atoms with Crippen molar-refractivity contribution in [3.8, 4) is 0 Å². The molecule has 0 aliphatic carbocycles. The SMILES string of the molecule is CCCCCCCCCCCCCCCC(=O)OC[C@H](COP(=O)(O)OC[C@@H](O)COP(=O)(O)OC[C@@H](COC(=O)CCCCCCCCCC(C)C)OC(=O)CCCCCCCCCCCCCCC)OC(=O)CCCCCCCCCCCCCCCCC(C)CC. The summed E-state index contributed by atoms with van der Waals surface area (Å²) < 4.78 is 68.5. The Bertz CT molecular complexity index is 1820. The van der Waals surface area contributed by atoms with Gasteiger partial charge in [-0.25, -0.2) is 9.13 Å². The molecule has 0 rings (SSSR count). The van der Waals surface area contributed by atoms with Crippen LogP contribution >= 0.6 is 15.6 Å². The second kappa shape index (κ2) is 66.9. The molecule has 6 atom stereocenters. The summed E-state index contributed by atoms with van der Waals surface area (Å²) >= 11 is 0. The fourth-order valence-electron chi connectivity index (χ4n) is 11.4. The molecule has 94 heavy (non-hydrogen) atoms. The number of ether oxygens (including phenoxy) is 4. The Morgan fingerprint density at radius 2 is 0.543 bits per heavy atom. The number of rotatable bonds is 74. The standard InChI is InChI=1S/C75H146O17P2/c1-7-10-12-14-16-18-20-24-29-33-39-45-51-57-72(77)85-63-70(91-75(80)60-54-48-41-35-31-27-23-22-26-28-32-38-44-50-56-68(6)9-3)65-89-93(81,82)87-61-69(76)62-88-94(83,84)90-66-71(64-86-73(78)58-52-46-42-36-37-43-49-55-67(4)5)92-74(79)59-53-47-40-34-30-25-21-19-17-15-13-11-8-2/h67-71,76H,7-66H2,1-6H3,(H,81,82)(H,83,84)/t68?,69-,70-,71-/m1/s1. The number of esters is 4. The van der Waals surface area contributed by atoms with E-state index in [1.807, 2.05) is 0 Å². The third kappa shape index (κ3) is 67.3. The highest BCUT2D eigenvalue weighted by Crippen LogP contribution is 2.45. The van der Waals surface area contributed by atoms with Crippen LogP contribution in [0.1, 0.15) is 388 Å². The largest absolute Gasteiger partial charge is 0.472 e. The molecule has 0 saturated heterocycles. The third-order valence-corrected chi connectivity index (χ3v) is 19.7. The fraction of sp³-hybridized carbons (Fsp3) is 0.947. The molecule has 0 spiro atoms. The molecular weight excluding hydrogens is 1230 g/mol. The van der Waals surface area contributed by atoms with Crippen LogP contribution in [0.25, 0.3) is 0 Å². The van der Waals surface area contributed by atoms with Crippen molar-refractivity contribution in [2.45, 2.75) is 407 Å². The van der Waals surface area contributed by atoms with Gasteiger partial charge in [-0.15, -0.1) is 0 Å². The molecule has 0 amide bonds. The van der Waals surface area contributed by atoms with E-state index in [0.717, 1.165) is 102 Å². The summed E-state index contributed by atoms with van der Waals surface area (Å²) in [6.45, 7) is 9.59. The molecule has 0 radical (unpaired) electrons. The minimum Gasteiger partial charge on any atom is -0.462 e. The number of hydrogen-bond acceptors (Lipinski definition) is 15. The number of phosphoric ester groups is 2. The molecule has 0 aliphatic heterocycles. The van der Waals surface area contributed by atoms with E-state index in [1.165, 1.54) is 199 Å². The highest BCUT2D eigenvalue weighted by molar-refractivity contribution is 7.47. The zero-order chi connectivity index (χ0) is 69.3. The Kier molecular flexibility index (Phi) is 65.5. The quantitative estimate of drug-likeness (QED) is 0.0222. The molecule has 0 heterocycles. The molecule has 558 valence electrons. The summed E-state index contributed by atoms with van der Waals surface area (Å²) in [5, 5.41) is 10.6. The minimum atomic E-state index is -4.96. The molecule has 17 nitrogen and oxygen atoms in total. The van der Waals surface area contributed by atoms with Gasteiger partial charge in [-0.3, -0.25) is 37.3 Å². The lowest BCUT2D eigenvalue weighted by Crippen LogP contribution is -2.30. The van der Waals surface area contributed by atoms with Crippen molar-refractivity contribution < 1.29 is 80.2 Å². The number of carbonyl (C=O) groups is 4. The molecule has 19 heteroatoms. The van der Waals surface area contributed by atoms with Gasteiger partial charge in [0.25, 0.3) is 0 Å². The van der Waals surface area contributed by atoms with Crippen LogP contribution < -0.4 is 0 Å². The molecule has 0 aromatic carbocycles. The fourth-order valence-corrected chi connectivity index (χ4v) is 13.0. The number of aliphatic hydroxyl groups is 1. The lowest BCUT2D eigenvalue weighted by Gasteiger charge is -2.21. The van der Waals surface area contributed by atoms with Crippen LogP contribution in [0.2, 0.25) is 0 Å². The van der Waals surface area contributed by atoms with E-state index < -0.39 is 97.5 Å². The average Bonchev–Trinajstić information content (AvgIpc) is 3.39. The first-order valence-corrected chi connectivity index (χ1v) is 42.0. The van der Waals surface area contributed by atoms with Crippen LogP contribution in [0.3, 0.4) is 0 Å². The first kappa shape index (κ1) is 92.1. The maximum Gasteiger partial charge on any atom is 0.472 e. The van der Waals surface area contributed by atoms with Crippen molar-refractivity contribution in [2.75, 3.05) is 39.6 Å². The number of hydrogen-bond donors (Lipinski definition) is 3. The van der Waals surface area contributed by atoms with Gasteiger partial charge in [0.2, 0.25) is 0 Å². The van der Waals surface area contributed by atoms with E-state index in [9.17, 15) is 43.2 Å². The van der Waals surface area contributed by atoms with Gasteiger partial charge in [-0.1, -0.05) is 337 Å². The molecule has 3 unspecified atom stereocenters. The summed E-state index contributed by atoms with van der Waals surface area (Å²) in [5.41, 5.74) is 0. The van der Waals surface area contributed by atoms with Gasteiger partial charge in [0.1, 0.15) is 19.3 Å². The van der Waals surface area contributed by atoms with E-state index in [1.54, 1.807) is 0 Å². The van der Waals surface area contributed by atoms with Crippen LogP contribution in [0.15, 0.2) is 0 Å². The molecule has 0 bridgehead atoms. The predicted octanol–water partition coefficient (Wildman–Crippen LogP) is 21.9. The van der Waals surface area contributed by atoms with Crippen LogP contribution in [-0.2, 0) is 65.4 Å². The van der Waals surface area contributed by atoms with Gasteiger partial charge in [-0.05, 0) is 37.5 Å². The zero-order valence-electron chi connectivity index (χ0n) is 61.3. The zero-order valence-corrected chi connectivity index (χ0v) is 63.1. The molecular formula is C75H146O17P2. The van der Waals surface area contributed by atoms with Crippen LogP contribution in [0.4, 0.5) is 0 Å².